The molecule has 0 fully saturated rings. The molecular weight excluding hydrogens is 1080 g/mol. The summed E-state index contributed by atoms with van der Waals surface area (Å²) in [5.41, 5.74) is 16.1. The van der Waals surface area contributed by atoms with Crippen molar-refractivity contribution in [3.05, 3.63) is 191 Å². The van der Waals surface area contributed by atoms with E-state index in [2.05, 4.69) is 66.3 Å². The average molecular weight is 1130 g/mol. The molecular formula is C52H54Cl2Cu2N8O9. The van der Waals surface area contributed by atoms with Gasteiger partial charge in [0.1, 0.15) is 0 Å². The Morgan fingerprint density at radius 1 is 0.356 bits per heavy atom. The van der Waals surface area contributed by atoms with Crippen LogP contribution < -0.4 is 37.3 Å². The third kappa shape index (κ3) is 26.3. The number of hydrogen-bond acceptors (Lipinski definition) is 17. The summed E-state index contributed by atoms with van der Waals surface area (Å²) < 4.78 is 72.8. The second kappa shape index (κ2) is 32.6. The first kappa shape index (κ1) is 63.6. The van der Waals surface area contributed by atoms with Crippen molar-refractivity contribution in [1.29, 1.82) is 0 Å². The molecule has 0 aliphatic carbocycles. The largest absolute Gasteiger partial charge is 1.00 e. The molecule has 0 N–H and O–H groups in total. The van der Waals surface area contributed by atoms with E-state index in [1.54, 1.807) is 0 Å². The molecule has 0 spiro atoms. The van der Waals surface area contributed by atoms with Crippen molar-refractivity contribution in [1.82, 2.24) is 39.9 Å². The van der Waals surface area contributed by atoms with Crippen molar-refractivity contribution >= 4 is 0 Å². The predicted molar refractivity (Wildman–Crippen MR) is 246 cm³/mol. The van der Waals surface area contributed by atoms with Crippen molar-refractivity contribution in [2.75, 3.05) is 13.2 Å². The van der Waals surface area contributed by atoms with E-state index in [1.807, 2.05) is 151 Å². The van der Waals surface area contributed by atoms with E-state index < -0.39 is 20.5 Å². The van der Waals surface area contributed by atoms with Gasteiger partial charge in [-0.25, -0.2) is 37.3 Å². The first-order valence-electron chi connectivity index (χ1n) is 22.1. The molecule has 0 amide bonds. The summed E-state index contributed by atoms with van der Waals surface area (Å²) in [6.45, 7) is 13.7. The molecule has 73 heavy (non-hydrogen) atoms. The maximum Gasteiger partial charge on any atom is 1.00 e. The number of halogens is 2. The summed E-state index contributed by atoms with van der Waals surface area (Å²) in [4.78, 5) is 36.7. The minimum atomic E-state index is -4.94. The zero-order chi connectivity index (χ0) is 51.8. The molecule has 17 nitrogen and oxygen atoms in total. The molecule has 0 unspecified atom stereocenters. The van der Waals surface area contributed by atoms with Crippen LogP contribution in [-0.4, -0.2) is 53.1 Å². The topological polar surface area (TPSA) is 297 Å². The van der Waals surface area contributed by atoms with Crippen molar-refractivity contribution in [2.24, 2.45) is 0 Å². The monoisotopic (exact) mass is 1130 g/mol. The number of aromatic nitrogens is 8. The zero-order valence-electron chi connectivity index (χ0n) is 40.7. The maximum atomic E-state index is 8.49. The van der Waals surface area contributed by atoms with Crippen LogP contribution >= 0.6 is 0 Å². The van der Waals surface area contributed by atoms with Crippen LogP contribution in [0.2, 0.25) is 0 Å². The van der Waals surface area contributed by atoms with Crippen LogP contribution in [0.25, 0.3) is 45.6 Å². The van der Waals surface area contributed by atoms with Crippen molar-refractivity contribution in [3.8, 4) is 45.6 Å². The molecule has 0 saturated carbocycles. The van der Waals surface area contributed by atoms with Gasteiger partial charge in [0.2, 0.25) is 0 Å². The van der Waals surface area contributed by atoms with Crippen LogP contribution in [0.1, 0.15) is 58.9 Å². The Labute approximate surface area is 451 Å². The number of hydrogen-bond donors (Lipinski definition) is 0. The molecule has 8 rings (SSSR count). The summed E-state index contributed by atoms with van der Waals surface area (Å²) in [6.07, 6.45) is 11.1. The molecule has 21 heteroatoms. The van der Waals surface area contributed by atoms with Crippen LogP contribution in [0, 0.1) is 48.2 Å². The minimum Gasteiger partial charge on any atom is -0.382 e. The number of nitrogens with zero attached hydrogens (tertiary/aromatic N) is 8. The normalized spacial score (nSPS) is 10.5. The second-order valence-corrected chi connectivity index (χ2v) is 17.0. The van der Waals surface area contributed by atoms with E-state index in [0.29, 0.717) is 0 Å². The number of ether oxygens (including phenoxy) is 1. The standard InChI is InChI=1S/2C24H22N4.C4H10O.2ClHO4.2Cu/c2*1-17-9-13-21(25-15-17)22-14-11-19(16-26-22)10-12-20-6-4-8-24(28-20)23-7-3-5-18(2)27-23;1-3-5-4-2;2*2-1(3,4)5;;/h2*3-9,11,13-16H,10,12H2,1-2H3;3-4H2,1-2H3;2*(H,2,3,4,5);;/q;;;;;2*+1/p-2. The quantitative estimate of drug-likeness (QED) is 0.157. The third-order valence-electron chi connectivity index (χ3n) is 9.66. The smallest absolute Gasteiger partial charge is 0.382 e. The zero-order valence-corrected chi connectivity index (χ0v) is 44.1. The van der Waals surface area contributed by atoms with E-state index in [9.17, 15) is 0 Å². The van der Waals surface area contributed by atoms with E-state index >= 15 is 0 Å². The van der Waals surface area contributed by atoms with E-state index in [-0.39, 0.29) is 34.1 Å². The summed E-state index contributed by atoms with van der Waals surface area (Å²) in [6, 6.07) is 40.7. The molecule has 8 aromatic heterocycles. The van der Waals surface area contributed by atoms with Gasteiger partial charge in [-0.1, -0.05) is 48.5 Å². The van der Waals surface area contributed by atoms with Gasteiger partial charge in [0.05, 0.1) is 45.6 Å². The van der Waals surface area contributed by atoms with Gasteiger partial charge in [-0.15, -0.1) is 20.5 Å². The molecule has 0 bridgehead atoms. The summed E-state index contributed by atoms with van der Waals surface area (Å²) >= 11 is 0. The number of rotatable bonds is 12. The van der Waals surface area contributed by atoms with Gasteiger partial charge in [0, 0.05) is 60.8 Å². The fourth-order valence-electron chi connectivity index (χ4n) is 6.33. The Morgan fingerprint density at radius 3 is 0.918 bits per heavy atom. The van der Waals surface area contributed by atoms with Gasteiger partial charge in [-0.3, -0.25) is 39.9 Å². The van der Waals surface area contributed by atoms with Crippen molar-refractivity contribution < 1.29 is 96.6 Å². The fourth-order valence-corrected chi connectivity index (χ4v) is 6.33. The Morgan fingerprint density at radius 2 is 0.658 bits per heavy atom. The van der Waals surface area contributed by atoms with E-state index in [0.717, 1.165) is 118 Å². The SMILES string of the molecule is CCOCC.Cc1ccc(-c2ccc(CCc3cccc(-c4cccc(C)n4)n3)cn2)nc1.Cc1ccc(-c2ccc(CCc3cccc(-c4cccc(C)n4)n3)cn2)nc1.[Cu+].[Cu+].[O-][Cl+3]([O-])([O-])[O-].[O-][Cl+3]([O-])([O-])[O-]. The van der Waals surface area contributed by atoms with Crippen LogP contribution in [0.15, 0.2) is 146 Å². The summed E-state index contributed by atoms with van der Waals surface area (Å²) in [5, 5.41) is 0. The van der Waals surface area contributed by atoms with E-state index in [1.165, 1.54) is 11.1 Å². The predicted octanol–water partition coefficient (Wildman–Crippen LogP) is 1.53. The molecule has 8 heterocycles. The molecule has 0 aliphatic heterocycles. The fraction of sp³-hybridized carbons (Fsp3) is 0.231. The van der Waals surface area contributed by atoms with Crippen molar-refractivity contribution in [3.63, 3.8) is 0 Å². The van der Waals surface area contributed by atoms with Gasteiger partial charge in [-0.05, 0) is 162 Å². The molecule has 0 radical (unpaired) electrons. The Hall–Kier alpha value is -5.54. The Balaban J connectivity index is 0.000000383. The van der Waals surface area contributed by atoms with Crippen LogP contribution in [0.4, 0.5) is 0 Å². The van der Waals surface area contributed by atoms with Gasteiger partial charge in [-0.2, -0.15) is 0 Å². The van der Waals surface area contributed by atoms with Gasteiger partial charge in [0.15, 0.2) is 0 Å². The van der Waals surface area contributed by atoms with Crippen molar-refractivity contribution in [2.45, 2.75) is 67.2 Å². The Kier molecular flexibility index (Phi) is 28.4. The third-order valence-corrected chi connectivity index (χ3v) is 9.66. The van der Waals surface area contributed by atoms with Crippen LogP contribution in [-0.2, 0) is 64.6 Å². The molecule has 392 valence electrons. The molecule has 0 atom stereocenters. The first-order valence-corrected chi connectivity index (χ1v) is 24.6. The maximum absolute atomic E-state index is 8.49. The van der Waals surface area contributed by atoms with Gasteiger partial charge >= 0.3 is 34.1 Å². The van der Waals surface area contributed by atoms with Gasteiger partial charge < -0.3 is 4.74 Å². The second-order valence-electron chi connectivity index (χ2n) is 15.4. The van der Waals surface area contributed by atoms with Gasteiger partial charge in [0.25, 0.3) is 0 Å². The molecule has 0 aromatic carbocycles. The van der Waals surface area contributed by atoms with Crippen LogP contribution in [0.3, 0.4) is 0 Å². The molecule has 0 saturated heterocycles. The van der Waals surface area contributed by atoms with E-state index in [4.69, 9.17) is 52.0 Å². The van der Waals surface area contributed by atoms with Crippen LogP contribution in [0.5, 0.6) is 0 Å². The first-order chi connectivity index (χ1) is 33.8. The number of pyridine rings is 8. The summed E-state index contributed by atoms with van der Waals surface area (Å²) in [7, 11) is -9.89. The molecule has 8 aromatic rings. The Bertz CT molecular complexity index is 2610. The molecule has 0 aliphatic rings. The summed E-state index contributed by atoms with van der Waals surface area (Å²) in [5.74, 6) is 0. The number of aryl methyl sites for hydroxylation is 8. The average Bonchev–Trinajstić information content (AvgIpc) is 3.33. The minimum absolute atomic E-state index is 0.